The Balaban J connectivity index is 2.06. The van der Waals surface area contributed by atoms with E-state index in [2.05, 4.69) is 68.5 Å². The highest BCUT2D eigenvalue weighted by molar-refractivity contribution is 8.00. The molecule has 136 valence electrons. The molecular weight excluding hydrogens is 320 g/mol. The van der Waals surface area contributed by atoms with E-state index in [1.54, 1.807) is 0 Å². The number of thioether (sulfide) groups is 1. The van der Waals surface area contributed by atoms with E-state index in [-0.39, 0.29) is 5.41 Å². The van der Waals surface area contributed by atoms with E-state index >= 15 is 0 Å². The summed E-state index contributed by atoms with van der Waals surface area (Å²) < 4.78 is 5.85. The lowest BCUT2D eigenvalue weighted by molar-refractivity contribution is 0.372. The first-order valence-corrected chi connectivity index (χ1v) is 9.96. The second-order valence-corrected chi connectivity index (χ2v) is 8.98. The predicted octanol–water partition coefficient (Wildman–Crippen LogP) is 3.51. The molecule has 2 rings (SSSR count). The van der Waals surface area contributed by atoms with Crippen molar-refractivity contribution in [1.29, 1.82) is 0 Å². The van der Waals surface area contributed by atoms with Crippen molar-refractivity contribution in [3.05, 3.63) is 17.8 Å². The maximum Gasteiger partial charge on any atom is 0.216 e. The predicted molar refractivity (Wildman–Crippen MR) is 103 cm³/mol. The molecule has 1 atom stereocenters. The first-order chi connectivity index (χ1) is 11.3. The van der Waals surface area contributed by atoms with Gasteiger partial charge < -0.3 is 14.6 Å². The Bertz CT molecular complexity index is 547. The van der Waals surface area contributed by atoms with Gasteiger partial charge in [0.05, 0.1) is 6.20 Å². The van der Waals surface area contributed by atoms with Gasteiger partial charge in [-0.05, 0) is 12.8 Å². The van der Waals surface area contributed by atoms with Gasteiger partial charge in [0.1, 0.15) is 12.3 Å². The first-order valence-electron chi connectivity index (χ1n) is 8.91. The molecule has 0 amide bonds. The van der Waals surface area contributed by atoms with E-state index in [0.717, 1.165) is 37.1 Å². The van der Waals surface area contributed by atoms with Crippen LogP contribution in [0.4, 0.5) is 0 Å². The molecule has 1 N–H and O–H groups in total. The van der Waals surface area contributed by atoms with E-state index in [9.17, 15) is 0 Å². The minimum Gasteiger partial charge on any atom is -0.443 e. The third kappa shape index (κ3) is 5.16. The number of hydrogen-bond acceptors (Lipinski definition) is 4. The Morgan fingerprint density at radius 3 is 2.83 bits per heavy atom. The zero-order valence-corrected chi connectivity index (χ0v) is 16.7. The second-order valence-electron chi connectivity index (χ2n) is 7.64. The van der Waals surface area contributed by atoms with E-state index in [1.165, 1.54) is 0 Å². The van der Waals surface area contributed by atoms with Crippen molar-refractivity contribution in [2.24, 2.45) is 10.9 Å². The van der Waals surface area contributed by atoms with Gasteiger partial charge in [0.25, 0.3) is 0 Å². The largest absolute Gasteiger partial charge is 0.443 e. The van der Waals surface area contributed by atoms with Gasteiger partial charge in [0, 0.05) is 36.1 Å². The zero-order valence-electron chi connectivity index (χ0n) is 15.9. The highest BCUT2D eigenvalue weighted by Gasteiger charge is 2.25. The van der Waals surface area contributed by atoms with E-state index in [0.29, 0.717) is 23.6 Å². The Hall–Kier alpha value is -1.17. The van der Waals surface area contributed by atoms with Crippen molar-refractivity contribution in [3.63, 3.8) is 0 Å². The fourth-order valence-corrected chi connectivity index (χ4v) is 3.87. The van der Waals surface area contributed by atoms with Crippen molar-refractivity contribution in [2.75, 3.05) is 25.4 Å². The number of hydrogen-bond donors (Lipinski definition) is 1. The van der Waals surface area contributed by atoms with Crippen molar-refractivity contribution >= 4 is 17.7 Å². The summed E-state index contributed by atoms with van der Waals surface area (Å²) in [5.74, 6) is 4.40. The molecule has 6 heteroatoms. The van der Waals surface area contributed by atoms with Crippen molar-refractivity contribution < 1.29 is 4.42 Å². The Morgan fingerprint density at radius 1 is 1.50 bits per heavy atom. The molecule has 0 radical (unpaired) electrons. The van der Waals surface area contributed by atoms with Gasteiger partial charge in [0.2, 0.25) is 5.89 Å². The molecule has 0 aliphatic carbocycles. The van der Waals surface area contributed by atoms with Crippen LogP contribution in [0.25, 0.3) is 0 Å². The molecule has 0 spiro atoms. The van der Waals surface area contributed by atoms with Crippen LogP contribution in [0.15, 0.2) is 15.6 Å². The average molecular weight is 353 g/mol. The molecule has 1 unspecified atom stereocenters. The number of guanidine groups is 1. The molecule has 5 nitrogen and oxygen atoms in total. The molecule has 1 aromatic rings. The molecule has 1 aliphatic heterocycles. The van der Waals surface area contributed by atoms with Crippen LogP contribution in [0.1, 0.15) is 53.2 Å². The normalized spacial score (nSPS) is 19.9. The fraction of sp³-hybridized carbons (Fsp3) is 0.778. The van der Waals surface area contributed by atoms with Crippen LogP contribution in [0.3, 0.4) is 0 Å². The monoisotopic (exact) mass is 352 g/mol. The Labute approximate surface area is 150 Å². The van der Waals surface area contributed by atoms with Gasteiger partial charge in [0.15, 0.2) is 5.96 Å². The smallest absolute Gasteiger partial charge is 0.216 e. The highest BCUT2D eigenvalue weighted by Crippen LogP contribution is 2.25. The van der Waals surface area contributed by atoms with Crippen molar-refractivity contribution in [2.45, 2.75) is 58.8 Å². The Morgan fingerprint density at radius 2 is 2.25 bits per heavy atom. The number of oxazole rings is 1. The molecule has 1 aromatic heterocycles. The van der Waals surface area contributed by atoms with Crippen LogP contribution < -0.4 is 5.32 Å². The van der Waals surface area contributed by atoms with Gasteiger partial charge in [-0.3, -0.25) is 0 Å². The summed E-state index contributed by atoms with van der Waals surface area (Å²) in [7, 11) is 0. The lowest BCUT2D eigenvalue weighted by atomic mass is 9.94. The fourth-order valence-electron chi connectivity index (χ4n) is 2.57. The number of aromatic nitrogens is 1. The molecule has 1 fully saturated rings. The van der Waals surface area contributed by atoms with Crippen LogP contribution in [0.2, 0.25) is 0 Å². The van der Waals surface area contributed by atoms with E-state index in [4.69, 9.17) is 9.41 Å². The first kappa shape index (κ1) is 19.2. The summed E-state index contributed by atoms with van der Waals surface area (Å²) in [6.07, 6.45) is 1.82. The molecular formula is C18H32N4OS. The summed E-state index contributed by atoms with van der Waals surface area (Å²) in [5.41, 5.74) is -0.0198. The molecule has 0 bridgehead atoms. The van der Waals surface area contributed by atoms with Gasteiger partial charge in [-0.15, -0.1) is 0 Å². The number of rotatable bonds is 4. The maximum atomic E-state index is 5.85. The van der Waals surface area contributed by atoms with Gasteiger partial charge in [-0.1, -0.05) is 34.6 Å². The zero-order chi connectivity index (χ0) is 17.7. The minimum absolute atomic E-state index is 0.0198. The minimum atomic E-state index is -0.0198. The summed E-state index contributed by atoms with van der Waals surface area (Å²) in [4.78, 5) is 11.5. The van der Waals surface area contributed by atoms with Crippen molar-refractivity contribution in [3.8, 4) is 0 Å². The highest BCUT2D eigenvalue weighted by atomic mass is 32.2. The summed E-state index contributed by atoms with van der Waals surface area (Å²) in [6, 6.07) is 0. The van der Waals surface area contributed by atoms with Crippen LogP contribution in [0.5, 0.6) is 0 Å². The average Bonchev–Trinajstić information content (AvgIpc) is 3.00. The van der Waals surface area contributed by atoms with E-state index in [1.807, 2.05) is 6.20 Å². The van der Waals surface area contributed by atoms with Crippen molar-refractivity contribution in [1.82, 2.24) is 15.2 Å². The SMILES string of the molecule is CCNC(=NCc1ncc(C(C)(C)C)o1)N1CCSC(C(C)C)C1. The summed E-state index contributed by atoms with van der Waals surface area (Å²) in [6.45, 7) is 16.5. The lowest BCUT2D eigenvalue weighted by Crippen LogP contribution is -2.49. The molecule has 0 aromatic carbocycles. The Kier molecular flexibility index (Phi) is 6.61. The lowest BCUT2D eigenvalue weighted by Gasteiger charge is -2.36. The van der Waals surface area contributed by atoms with Crippen LogP contribution >= 0.6 is 11.8 Å². The quantitative estimate of drug-likeness (QED) is 0.664. The van der Waals surface area contributed by atoms with Gasteiger partial charge >= 0.3 is 0 Å². The maximum absolute atomic E-state index is 5.85. The topological polar surface area (TPSA) is 53.7 Å². The summed E-state index contributed by atoms with van der Waals surface area (Å²) >= 11 is 2.08. The third-order valence-corrected chi connectivity index (χ3v) is 5.67. The van der Waals surface area contributed by atoms with Crippen LogP contribution in [-0.2, 0) is 12.0 Å². The standard InChI is InChI=1S/C18H32N4OS/c1-7-19-17(22-8-9-24-14(12-22)13(2)3)21-11-16-20-10-15(23-16)18(4,5)6/h10,13-14H,7-9,11-12H2,1-6H3,(H,19,21). The van der Waals surface area contributed by atoms with Crippen LogP contribution in [0, 0.1) is 5.92 Å². The van der Waals surface area contributed by atoms with E-state index < -0.39 is 0 Å². The van der Waals surface area contributed by atoms with Crippen LogP contribution in [-0.4, -0.2) is 46.5 Å². The third-order valence-electron chi connectivity index (χ3n) is 4.13. The molecule has 24 heavy (non-hydrogen) atoms. The number of nitrogens with zero attached hydrogens (tertiary/aromatic N) is 3. The molecule has 0 saturated carbocycles. The number of aliphatic imine (C=N–C) groups is 1. The summed E-state index contributed by atoms with van der Waals surface area (Å²) in [5, 5.41) is 4.08. The van der Waals surface area contributed by atoms with Gasteiger partial charge in [-0.2, -0.15) is 11.8 Å². The number of nitrogens with one attached hydrogen (secondary N) is 1. The second kappa shape index (κ2) is 8.28. The molecule has 2 heterocycles. The van der Waals surface area contributed by atoms with Gasteiger partial charge in [-0.25, -0.2) is 9.98 Å². The molecule has 1 saturated heterocycles. The molecule has 1 aliphatic rings.